The molecule has 0 aliphatic carbocycles. The molecule has 0 bridgehead atoms. The minimum Gasteiger partial charge on any atom is -0.0984 e. The van der Waals surface area contributed by atoms with Gasteiger partial charge < -0.3 is 0 Å². The molecule has 0 amide bonds. The Labute approximate surface area is 194 Å². The van der Waals surface area contributed by atoms with Crippen LogP contribution >= 0.6 is 112 Å². The van der Waals surface area contributed by atoms with Crippen LogP contribution in [-0.4, -0.2) is 0 Å². The number of halogens is 7. The third kappa shape index (κ3) is 3.71. The lowest BCUT2D eigenvalue weighted by Crippen LogP contribution is -1.93. The maximum Gasteiger partial charge on any atom is 0.0482 e. The number of rotatable bonds is 3. The maximum atomic E-state index is 3.91. The summed E-state index contributed by atoms with van der Waals surface area (Å²) in [7, 11) is 0. The Bertz CT molecular complexity index is 808. The van der Waals surface area contributed by atoms with Crippen molar-refractivity contribution in [3.8, 4) is 11.1 Å². The molecule has 120 valence electrons. The van der Waals surface area contributed by atoms with Crippen LogP contribution in [0.25, 0.3) is 23.3 Å². The van der Waals surface area contributed by atoms with Crippen molar-refractivity contribution in [1.29, 1.82) is 0 Å². The lowest BCUT2D eigenvalue weighted by molar-refractivity contribution is 1.42. The molecular weight excluding hydrogens is 752 g/mol. The summed E-state index contributed by atoms with van der Waals surface area (Å²) in [6.45, 7) is 7.79. The highest BCUT2D eigenvalue weighted by atomic mass is 79.9. The summed E-state index contributed by atoms with van der Waals surface area (Å²) in [5, 5.41) is 0. The standard InChI is InChI=1S/C16H7Br7/c1-3-6-5-8(11(18)10(17)7(6)4-2)9-12(19)14(21)16(23)15(22)13(9)20/h3-5H,1-2H2. The quantitative estimate of drug-likeness (QED) is 0.216. The summed E-state index contributed by atoms with van der Waals surface area (Å²) in [5.74, 6) is 0. The molecule has 7 heteroatoms. The van der Waals surface area contributed by atoms with E-state index in [2.05, 4.69) is 131 Å². The molecule has 0 radical (unpaired) electrons. The highest BCUT2D eigenvalue weighted by molar-refractivity contribution is 9.16. The molecule has 0 unspecified atom stereocenters. The second-order valence-corrected chi connectivity index (χ2v) is 9.96. The van der Waals surface area contributed by atoms with Gasteiger partial charge in [-0.2, -0.15) is 0 Å². The predicted molar refractivity (Wildman–Crippen MR) is 126 cm³/mol. The second kappa shape index (κ2) is 8.31. The summed E-state index contributed by atoms with van der Waals surface area (Å²) < 4.78 is 6.55. The zero-order valence-electron chi connectivity index (χ0n) is 11.3. The molecule has 2 aromatic carbocycles. The van der Waals surface area contributed by atoms with Gasteiger partial charge in [0.2, 0.25) is 0 Å². The molecule has 0 aromatic heterocycles. The molecule has 2 rings (SSSR count). The number of hydrogen-bond donors (Lipinski definition) is 0. The first-order chi connectivity index (χ1) is 10.8. The SMILES string of the molecule is C=Cc1cc(-c2c(Br)c(Br)c(Br)c(Br)c2Br)c(Br)c(Br)c1C=C. The Morgan fingerprint density at radius 1 is 0.609 bits per heavy atom. The van der Waals surface area contributed by atoms with Crippen LogP contribution in [0.15, 0.2) is 50.5 Å². The van der Waals surface area contributed by atoms with E-state index in [9.17, 15) is 0 Å². The summed E-state index contributed by atoms with van der Waals surface area (Å²) in [6, 6.07) is 2.08. The third-order valence-electron chi connectivity index (χ3n) is 3.18. The molecule has 0 fully saturated rings. The molecule has 0 saturated heterocycles. The van der Waals surface area contributed by atoms with E-state index >= 15 is 0 Å². The topological polar surface area (TPSA) is 0 Å². The highest BCUT2D eigenvalue weighted by Gasteiger charge is 2.22. The van der Waals surface area contributed by atoms with Crippen molar-refractivity contribution in [2.24, 2.45) is 0 Å². The first-order valence-corrected chi connectivity index (χ1v) is 11.6. The van der Waals surface area contributed by atoms with Crippen molar-refractivity contribution in [1.82, 2.24) is 0 Å². The van der Waals surface area contributed by atoms with Gasteiger partial charge in [-0.3, -0.25) is 0 Å². The summed E-state index contributed by atoms with van der Waals surface area (Å²) in [5.41, 5.74) is 4.03. The zero-order chi connectivity index (χ0) is 17.5. The van der Waals surface area contributed by atoms with Crippen LogP contribution in [0.4, 0.5) is 0 Å². The third-order valence-corrected chi connectivity index (χ3v) is 11.5. The van der Waals surface area contributed by atoms with E-state index in [0.29, 0.717) is 0 Å². The van der Waals surface area contributed by atoms with Crippen LogP contribution in [0.5, 0.6) is 0 Å². The fourth-order valence-electron chi connectivity index (χ4n) is 2.06. The fraction of sp³-hybridized carbons (Fsp3) is 0. The largest absolute Gasteiger partial charge is 0.0984 e. The molecule has 0 nitrogen and oxygen atoms in total. The van der Waals surface area contributed by atoms with Crippen molar-refractivity contribution in [2.75, 3.05) is 0 Å². The van der Waals surface area contributed by atoms with E-state index in [1.165, 1.54) is 0 Å². The molecule has 0 N–H and O–H groups in total. The van der Waals surface area contributed by atoms with E-state index in [4.69, 9.17) is 0 Å². The van der Waals surface area contributed by atoms with Gasteiger partial charge in [0.15, 0.2) is 0 Å². The lowest BCUT2D eigenvalue weighted by atomic mass is 9.99. The van der Waals surface area contributed by atoms with Crippen molar-refractivity contribution < 1.29 is 0 Å². The van der Waals surface area contributed by atoms with E-state index < -0.39 is 0 Å². The average Bonchev–Trinajstić information content (AvgIpc) is 2.54. The monoisotopic (exact) mass is 751 g/mol. The van der Waals surface area contributed by atoms with Crippen LogP contribution in [0.3, 0.4) is 0 Å². The molecule has 0 atom stereocenters. The smallest absolute Gasteiger partial charge is 0.0482 e. The normalized spacial score (nSPS) is 10.7. The van der Waals surface area contributed by atoms with Gasteiger partial charge in [0.05, 0.1) is 0 Å². The molecule has 0 aliphatic heterocycles. The van der Waals surface area contributed by atoms with Crippen LogP contribution in [-0.2, 0) is 0 Å². The molecule has 2 aromatic rings. The minimum atomic E-state index is 0.929. The lowest BCUT2D eigenvalue weighted by Gasteiger charge is -2.18. The molecule has 0 aliphatic rings. The highest BCUT2D eigenvalue weighted by Crippen LogP contribution is 2.51. The first kappa shape index (κ1) is 20.6. The van der Waals surface area contributed by atoms with Gasteiger partial charge in [0.25, 0.3) is 0 Å². The van der Waals surface area contributed by atoms with E-state index in [-0.39, 0.29) is 0 Å². The van der Waals surface area contributed by atoms with Crippen molar-refractivity contribution in [2.45, 2.75) is 0 Å². The van der Waals surface area contributed by atoms with Crippen LogP contribution in [0.1, 0.15) is 11.1 Å². The van der Waals surface area contributed by atoms with Gasteiger partial charge in [0, 0.05) is 36.9 Å². The Hall–Kier alpha value is 1.28. The van der Waals surface area contributed by atoms with Gasteiger partial charge >= 0.3 is 0 Å². The second-order valence-electron chi connectivity index (χ2n) is 4.41. The zero-order valence-corrected chi connectivity index (χ0v) is 22.4. The molecule has 23 heavy (non-hydrogen) atoms. The Morgan fingerprint density at radius 3 is 1.52 bits per heavy atom. The minimum absolute atomic E-state index is 0.929. The number of hydrogen-bond acceptors (Lipinski definition) is 0. The fourth-order valence-corrected chi connectivity index (χ4v) is 6.66. The predicted octanol–water partition coefficient (Wildman–Crippen LogP) is 9.98. The van der Waals surface area contributed by atoms with E-state index in [1.54, 1.807) is 0 Å². The maximum absolute atomic E-state index is 3.91. The van der Waals surface area contributed by atoms with E-state index in [1.807, 2.05) is 12.2 Å². The van der Waals surface area contributed by atoms with Crippen molar-refractivity contribution in [3.05, 3.63) is 61.7 Å². The van der Waals surface area contributed by atoms with Gasteiger partial charge in [0.1, 0.15) is 0 Å². The van der Waals surface area contributed by atoms with Crippen molar-refractivity contribution >= 4 is 124 Å². The summed E-state index contributed by atoms with van der Waals surface area (Å²) in [6.07, 6.45) is 3.63. The van der Waals surface area contributed by atoms with Crippen LogP contribution in [0.2, 0.25) is 0 Å². The summed E-state index contributed by atoms with van der Waals surface area (Å²) >= 11 is 25.5. The van der Waals surface area contributed by atoms with Gasteiger partial charge in [-0.15, -0.1) is 0 Å². The van der Waals surface area contributed by atoms with Crippen molar-refractivity contribution in [3.63, 3.8) is 0 Å². The molecule has 0 heterocycles. The van der Waals surface area contributed by atoms with Crippen LogP contribution in [0, 0.1) is 0 Å². The Kier molecular flexibility index (Phi) is 7.44. The summed E-state index contributed by atoms with van der Waals surface area (Å²) in [4.78, 5) is 0. The van der Waals surface area contributed by atoms with E-state index in [0.717, 1.165) is 53.6 Å². The average molecular weight is 759 g/mol. The van der Waals surface area contributed by atoms with Gasteiger partial charge in [-0.05, 0) is 134 Å². The molecule has 0 saturated carbocycles. The Morgan fingerprint density at radius 2 is 1.09 bits per heavy atom. The van der Waals surface area contributed by atoms with Gasteiger partial charge in [-0.1, -0.05) is 25.3 Å². The van der Waals surface area contributed by atoms with Crippen LogP contribution < -0.4 is 0 Å². The molecule has 0 spiro atoms. The first-order valence-electron chi connectivity index (χ1n) is 6.04. The molecular formula is C16H7Br7. The van der Waals surface area contributed by atoms with Gasteiger partial charge in [-0.25, -0.2) is 0 Å². The Balaban J connectivity index is 2.97. The number of benzene rings is 2.